The molecular weight excluding hydrogens is 214 g/mol. The first kappa shape index (κ1) is 12.6. The molecular formula is C11H20ClNO2. The number of piperidine rings is 1. The monoisotopic (exact) mass is 233 g/mol. The van der Waals surface area contributed by atoms with Crippen LogP contribution in [0.25, 0.3) is 0 Å². The summed E-state index contributed by atoms with van der Waals surface area (Å²) in [6.07, 6.45) is 5.95. The van der Waals surface area contributed by atoms with E-state index in [1.807, 2.05) is 0 Å². The van der Waals surface area contributed by atoms with Crippen LogP contribution >= 0.6 is 11.6 Å². The highest BCUT2D eigenvalue weighted by atomic mass is 35.5. The van der Waals surface area contributed by atoms with E-state index in [0.717, 1.165) is 45.2 Å². The van der Waals surface area contributed by atoms with Crippen LogP contribution in [0.5, 0.6) is 0 Å². The summed E-state index contributed by atoms with van der Waals surface area (Å²) in [5, 5.41) is 0. The average molecular weight is 234 g/mol. The van der Waals surface area contributed by atoms with Crippen molar-refractivity contribution in [2.45, 2.75) is 51.0 Å². The summed E-state index contributed by atoms with van der Waals surface area (Å²) in [6, 6.07) is 0. The first-order valence-corrected chi connectivity index (χ1v) is 6.27. The Labute approximate surface area is 96.7 Å². The van der Waals surface area contributed by atoms with E-state index < -0.39 is 5.56 Å². The zero-order valence-electron chi connectivity index (χ0n) is 9.38. The number of hydrogen-bond acceptors (Lipinski definition) is 2. The van der Waals surface area contributed by atoms with Gasteiger partial charge in [0.05, 0.1) is 0 Å². The molecule has 0 aromatic heterocycles. The summed E-state index contributed by atoms with van der Waals surface area (Å²) in [5.74, 6) is 0. The second-order valence-electron chi connectivity index (χ2n) is 3.98. The van der Waals surface area contributed by atoms with Crippen LogP contribution in [0.4, 0.5) is 4.79 Å². The molecule has 88 valence electrons. The van der Waals surface area contributed by atoms with E-state index in [1.54, 1.807) is 4.90 Å². The highest BCUT2D eigenvalue weighted by molar-refractivity contribution is 6.20. The Kier molecular flexibility index (Phi) is 5.84. The maximum atomic E-state index is 11.6. The Bertz CT molecular complexity index is 193. The fraction of sp³-hybridized carbons (Fsp3) is 0.909. The summed E-state index contributed by atoms with van der Waals surface area (Å²) in [4.78, 5) is 13.3. The first-order chi connectivity index (χ1) is 7.24. The van der Waals surface area contributed by atoms with E-state index in [2.05, 4.69) is 6.92 Å². The van der Waals surface area contributed by atoms with Gasteiger partial charge in [-0.25, -0.2) is 4.79 Å². The van der Waals surface area contributed by atoms with Crippen molar-refractivity contribution in [3.63, 3.8) is 0 Å². The largest absolute Gasteiger partial charge is 0.430 e. The van der Waals surface area contributed by atoms with Gasteiger partial charge in [-0.15, -0.1) is 0 Å². The number of hydrogen-bond donors (Lipinski definition) is 0. The van der Waals surface area contributed by atoms with E-state index in [9.17, 15) is 4.79 Å². The molecule has 1 amide bonds. The number of halogens is 1. The average Bonchev–Trinajstić information content (AvgIpc) is 2.27. The number of unbranched alkanes of at least 4 members (excludes halogenated alkanes) is 1. The molecule has 0 radical (unpaired) electrons. The van der Waals surface area contributed by atoms with Crippen molar-refractivity contribution in [2.24, 2.45) is 0 Å². The van der Waals surface area contributed by atoms with Crippen LogP contribution in [0.2, 0.25) is 0 Å². The van der Waals surface area contributed by atoms with Gasteiger partial charge >= 0.3 is 6.09 Å². The summed E-state index contributed by atoms with van der Waals surface area (Å²) < 4.78 is 5.14. The Balaban J connectivity index is 2.21. The minimum Gasteiger partial charge on any atom is -0.430 e. The second kappa shape index (κ2) is 6.94. The molecule has 1 heterocycles. The minimum absolute atomic E-state index is 0.245. The molecule has 0 aromatic carbocycles. The molecule has 1 atom stereocenters. The van der Waals surface area contributed by atoms with Gasteiger partial charge in [0.1, 0.15) is 0 Å². The van der Waals surface area contributed by atoms with E-state index in [0.29, 0.717) is 0 Å². The Morgan fingerprint density at radius 1 is 1.40 bits per heavy atom. The summed E-state index contributed by atoms with van der Waals surface area (Å²) >= 11 is 5.90. The van der Waals surface area contributed by atoms with Gasteiger partial charge in [0.25, 0.3) is 0 Å². The Morgan fingerprint density at radius 2 is 2.07 bits per heavy atom. The van der Waals surface area contributed by atoms with Crippen LogP contribution in [0.15, 0.2) is 0 Å². The fourth-order valence-electron chi connectivity index (χ4n) is 1.68. The molecule has 3 nitrogen and oxygen atoms in total. The van der Waals surface area contributed by atoms with Crippen LogP contribution in [0.3, 0.4) is 0 Å². The second-order valence-corrected chi connectivity index (χ2v) is 4.47. The van der Waals surface area contributed by atoms with Crippen LogP contribution in [0, 0.1) is 0 Å². The van der Waals surface area contributed by atoms with Crippen LogP contribution in [-0.4, -0.2) is 29.6 Å². The number of carbonyl (C=O) groups excluding carboxylic acids is 1. The van der Waals surface area contributed by atoms with Crippen molar-refractivity contribution in [1.29, 1.82) is 0 Å². The van der Waals surface area contributed by atoms with E-state index in [4.69, 9.17) is 16.3 Å². The standard InChI is InChI=1S/C11H20ClNO2/c1-2-3-7-10(12)15-11(14)13-8-5-4-6-9-13/h10H,2-9H2,1H3. The number of carbonyl (C=O) groups is 1. The van der Waals surface area contributed by atoms with Crippen molar-refractivity contribution >= 4 is 17.7 Å². The number of alkyl halides is 1. The minimum atomic E-state index is -0.459. The van der Waals surface area contributed by atoms with Crippen molar-refractivity contribution in [3.05, 3.63) is 0 Å². The van der Waals surface area contributed by atoms with Crippen molar-refractivity contribution < 1.29 is 9.53 Å². The van der Waals surface area contributed by atoms with E-state index in [1.165, 1.54) is 6.42 Å². The van der Waals surface area contributed by atoms with Crippen LogP contribution < -0.4 is 0 Å². The lowest BCUT2D eigenvalue weighted by molar-refractivity contribution is 0.0813. The molecule has 1 rings (SSSR count). The molecule has 0 N–H and O–H groups in total. The first-order valence-electron chi connectivity index (χ1n) is 5.83. The predicted molar refractivity (Wildman–Crippen MR) is 61.1 cm³/mol. The Morgan fingerprint density at radius 3 is 2.67 bits per heavy atom. The number of amides is 1. The van der Waals surface area contributed by atoms with Crippen molar-refractivity contribution in [1.82, 2.24) is 4.90 Å². The molecule has 15 heavy (non-hydrogen) atoms. The van der Waals surface area contributed by atoms with Gasteiger partial charge in [-0.1, -0.05) is 24.9 Å². The van der Waals surface area contributed by atoms with Gasteiger partial charge in [0.2, 0.25) is 0 Å². The van der Waals surface area contributed by atoms with Crippen LogP contribution in [-0.2, 0) is 4.74 Å². The quantitative estimate of drug-likeness (QED) is 0.697. The molecule has 0 aliphatic carbocycles. The Hall–Kier alpha value is -0.440. The van der Waals surface area contributed by atoms with Crippen molar-refractivity contribution in [3.8, 4) is 0 Å². The van der Waals surface area contributed by atoms with E-state index >= 15 is 0 Å². The van der Waals surface area contributed by atoms with Gasteiger partial charge in [0.15, 0.2) is 5.56 Å². The summed E-state index contributed by atoms with van der Waals surface area (Å²) in [5.41, 5.74) is -0.459. The third-order valence-corrected chi connectivity index (χ3v) is 2.93. The number of nitrogens with zero attached hydrogens (tertiary/aromatic N) is 1. The molecule has 0 saturated carbocycles. The van der Waals surface area contributed by atoms with Gasteiger partial charge in [-0.3, -0.25) is 0 Å². The zero-order chi connectivity index (χ0) is 11.1. The topological polar surface area (TPSA) is 29.5 Å². The smallest absolute Gasteiger partial charge is 0.411 e. The number of rotatable bonds is 4. The maximum Gasteiger partial charge on any atom is 0.411 e. The van der Waals surface area contributed by atoms with Crippen LogP contribution in [0.1, 0.15) is 45.4 Å². The molecule has 1 aliphatic rings. The number of ether oxygens (including phenoxy) is 1. The lowest BCUT2D eigenvalue weighted by Crippen LogP contribution is -2.37. The third-order valence-electron chi connectivity index (χ3n) is 2.63. The molecule has 0 spiro atoms. The van der Waals surface area contributed by atoms with E-state index in [-0.39, 0.29) is 6.09 Å². The maximum absolute atomic E-state index is 11.6. The van der Waals surface area contributed by atoms with Gasteiger partial charge < -0.3 is 9.64 Å². The molecule has 1 fully saturated rings. The molecule has 0 bridgehead atoms. The number of likely N-dealkylation sites (tertiary alicyclic amines) is 1. The van der Waals surface area contributed by atoms with Crippen molar-refractivity contribution in [2.75, 3.05) is 13.1 Å². The predicted octanol–water partition coefficient (Wildman–Crippen LogP) is 3.36. The molecule has 0 aromatic rings. The zero-order valence-corrected chi connectivity index (χ0v) is 10.1. The molecule has 1 unspecified atom stereocenters. The van der Waals surface area contributed by atoms with Gasteiger partial charge in [-0.05, 0) is 32.1 Å². The highest BCUT2D eigenvalue weighted by Gasteiger charge is 2.20. The summed E-state index contributed by atoms with van der Waals surface area (Å²) in [7, 11) is 0. The fourth-order valence-corrected chi connectivity index (χ4v) is 1.91. The lowest BCUT2D eigenvalue weighted by Gasteiger charge is -2.26. The normalized spacial score (nSPS) is 18.7. The highest BCUT2D eigenvalue weighted by Crippen LogP contribution is 2.14. The van der Waals surface area contributed by atoms with Gasteiger partial charge in [-0.2, -0.15) is 0 Å². The SMILES string of the molecule is CCCCC(Cl)OC(=O)N1CCCCC1. The summed E-state index contributed by atoms with van der Waals surface area (Å²) in [6.45, 7) is 3.72. The lowest BCUT2D eigenvalue weighted by atomic mass is 10.1. The molecule has 4 heteroatoms. The molecule has 1 saturated heterocycles. The van der Waals surface area contributed by atoms with Gasteiger partial charge in [0, 0.05) is 13.1 Å². The third kappa shape index (κ3) is 4.74. The molecule has 1 aliphatic heterocycles.